The molecule has 1 fully saturated rings. The standard InChI is InChI=1S/C28H35N9O5/c1-27(2)8-10-42-20-15(5-4-6-16(20)27)23(39)33-19-13-37-26(30)34-18(21-28(37,22(19)38)36-25(29)35-21)12-32-24(40)17-11-14(41-3)7-9-31-17/h4-7,9,11,18-19,21-22,38H,8,10,12-13H2,1-3H3,(H2,30,34)(H,32,40)(H,33,39)(H3,29,35,36)/t18-,19?,21?,22+,28?/m0/s1. The van der Waals surface area contributed by atoms with Gasteiger partial charge in [-0.1, -0.05) is 26.0 Å². The summed E-state index contributed by atoms with van der Waals surface area (Å²) < 4.78 is 11.1. The van der Waals surface area contributed by atoms with Crippen molar-refractivity contribution in [1.29, 1.82) is 0 Å². The molecule has 0 bridgehead atoms. The van der Waals surface area contributed by atoms with Crippen molar-refractivity contribution in [1.82, 2.24) is 25.8 Å². The van der Waals surface area contributed by atoms with Crippen LogP contribution < -0.4 is 36.9 Å². The Labute approximate surface area is 242 Å². The first kappa shape index (κ1) is 27.6. The molecule has 4 aliphatic rings. The average molecular weight is 578 g/mol. The quantitative estimate of drug-likeness (QED) is 0.248. The van der Waals surface area contributed by atoms with Gasteiger partial charge in [-0.2, -0.15) is 0 Å². The third kappa shape index (κ3) is 4.33. The van der Waals surface area contributed by atoms with Crippen molar-refractivity contribution in [2.45, 2.75) is 55.6 Å². The van der Waals surface area contributed by atoms with Gasteiger partial charge in [0.15, 0.2) is 17.6 Å². The molecule has 1 aromatic heterocycles. The zero-order valence-electron chi connectivity index (χ0n) is 23.6. The number of fused-ring (bicyclic) bond motifs is 1. The number of aliphatic hydroxyl groups excluding tert-OH is 1. The maximum absolute atomic E-state index is 13.6. The van der Waals surface area contributed by atoms with Crippen molar-refractivity contribution < 1.29 is 24.2 Å². The van der Waals surface area contributed by atoms with E-state index in [1.165, 1.54) is 19.4 Å². The first-order chi connectivity index (χ1) is 20.0. The fraction of sp³-hybridized carbons (Fsp3) is 0.464. The zero-order valence-corrected chi connectivity index (χ0v) is 23.6. The number of hydrogen-bond acceptors (Lipinski definition) is 12. The number of amides is 2. The first-order valence-corrected chi connectivity index (χ1v) is 13.8. The van der Waals surface area contributed by atoms with Gasteiger partial charge in [0.1, 0.15) is 29.3 Å². The second kappa shape index (κ2) is 10.0. The third-order valence-electron chi connectivity index (χ3n) is 8.60. The largest absolute Gasteiger partial charge is 0.497 e. The molecular formula is C28H35N9O5. The molecule has 3 unspecified atom stereocenters. The molecule has 1 aromatic carbocycles. The zero-order chi connectivity index (χ0) is 29.8. The maximum Gasteiger partial charge on any atom is 0.270 e. The highest BCUT2D eigenvalue weighted by Gasteiger charge is 2.65. The summed E-state index contributed by atoms with van der Waals surface area (Å²) in [6.07, 6.45) is 1.14. The SMILES string of the molecule is COc1ccnc(C(=O)NC[C@@H]2N=C(N)N3CC(NC(=O)c4cccc5c4OCCC5(C)C)[C@@H](O)C34NC(N)=NC24)c1. The molecule has 8 N–H and O–H groups in total. The van der Waals surface area contributed by atoms with Crippen LogP contribution in [0.2, 0.25) is 0 Å². The van der Waals surface area contributed by atoms with Gasteiger partial charge in [0.25, 0.3) is 11.8 Å². The van der Waals surface area contributed by atoms with Crippen LogP contribution in [0.3, 0.4) is 0 Å². The Morgan fingerprint density at radius 2 is 2.05 bits per heavy atom. The van der Waals surface area contributed by atoms with E-state index in [0.717, 1.165) is 12.0 Å². The van der Waals surface area contributed by atoms with Gasteiger partial charge < -0.3 is 46.9 Å². The van der Waals surface area contributed by atoms with Gasteiger partial charge in [-0.25, -0.2) is 9.98 Å². The molecule has 0 saturated carbocycles. The second-order valence-corrected chi connectivity index (χ2v) is 11.6. The number of benzene rings is 1. The summed E-state index contributed by atoms with van der Waals surface area (Å²) >= 11 is 0. The van der Waals surface area contributed by atoms with Crippen LogP contribution in [-0.2, 0) is 5.41 Å². The molecule has 0 aliphatic carbocycles. The Kier molecular flexibility index (Phi) is 6.60. The molecule has 222 valence electrons. The molecule has 6 rings (SSSR count). The summed E-state index contributed by atoms with van der Waals surface area (Å²) in [6, 6.07) is 6.57. The minimum Gasteiger partial charge on any atom is -0.497 e. The van der Waals surface area contributed by atoms with Crippen molar-refractivity contribution >= 4 is 23.7 Å². The lowest BCUT2D eigenvalue weighted by Crippen LogP contribution is -2.73. The topological polar surface area (TPSA) is 202 Å². The number of nitrogens with zero attached hydrogens (tertiary/aromatic N) is 4. The van der Waals surface area contributed by atoms with Gasteiger partial charge in [0.2, 0.25) is 0 Å². The van der Waals surface area contributed by atoms with Gasteiger partial charge in [0.05, 0.1) is 31.4 Å². The number of para-hydroxylation sites is 1. The number of rotatable bonds is 6. The van der Waals surface area contributed by atoms with E-state index in [2.05, 4.69) is 44.8 Å². The van der Waals surface area contributed by atoms with Crippen molar-refractivity contribution in [3.8, 4) is 11.5 Å². The minimum absolute atomic E-state index is 0.0458. The fourth-order valence-corrected chi connectivity index (χ4v) is 6.35. The monoisotopic (exact) mass is 577 g/mol. The molecule has 4 aliphatic heterocycles. The Morgan fingerprint density at radius 3 is 2.83 bits per heavy atom. The van der Waals surface area contributed by atoms with Crippen LogP contribution in [0.5, 0.6) is 11.5 Å². The molecule has 42 heavy (non-hydrogen) atoms. The maximum atomic E-state index is 13.6. The number of carbonyl (C=O) groups excluding carboxylic acids is 2. The highest BCUT2D eigenvalue weighted by atomic mass is 16.5. The molecule has 14 heteroatoms. The lowest BCUT2D eigenvalue weighted by molar-refractivity contribution is 0.0143. The Hall–Kier alpha value is -4.59. The van der Waals surface area contributed by atoms with Crippen LogP contribution in [0.15, 0.2) is 46.5 Å². The molecule has 0 radical (unpaired) electrons. The van der Waals surface area contributed by atoms with E-state index in [9.17, 15) is 14.7 Å². The number of guanidine groups is 2. The van der Waals surface area contributed by atoms with Crippen LogP contribution in [0.4, 0.5) is 0 Å². The second-order valence-electron chi connectivity index (χ2n) is 11.6. The number of methoxy groups -OCH3 is 1. The number of hydrogen-bond donors (Lipinski definition) is 6. The van der Waals surface area contributed by atoms with E-state index in [0.29, 0.717) is 23.7 Å². The molecule has 14 nitrogen and oxygen atoms in total. The molecule has 2 aromatic rings. The predicted molar refractivity (Wildman–Crippen MR) is 153 cm³/mol. The van der Waals surface area contributed by atoms with Gasteiger partial charge in [-0.05, 0) is 24.0 Å². The summed E-state index contributed by atoms with van der Waals surface area (Å²) in [5, 5.41) is 20.6. The lowest BCUT2D eigenvalue weighted by Gasteiger charge is -2.46. The Balaban J connectivity index is 1.22. The van der Waals surface area contributed by atoms with Gasteiger partial charge in [0, 0.05) is 30.9 Å². The molecular weight excluding hydrogens is 542 g/mol. The number of aliphatic imine (C=N–C) groups is 2. The van der Waals surface area contributed by atoms with Gasteiger partial charge in [-0.3, -0.25) is 14.6 Å². The number of carbonyl (C=O) groups is 2. The Morgan fingerprint density at radius 1 is 1.24 bits per heavy atom. The van der Waals surface area contributed by atoms with Gasteiger partial charge >= 0.3 is 0 Å². The number of nitrogens with one attached hydrogen (secondary N) is 3. The summed E-state index contributed by atoms with van der Waals surface area (Å²) in [6.45, 7) is 4.96. The number of pyridine rings is 1. The van der Waals surface area contributed by atoms with Gasteiger partial charge in [-0.15, -0.1) is 0 Å². The molecule has 5 atom stereocenters. The van der Waals surface area contributed by atoms with Crippen molar-refractivity contribution in [3.05, 3.63) is 53.3 Å². The lowest BCUT2D eigenvalue weighted by atomic mass is 9.79. The van der Waals surface area contributed by atoms with E-state index < -0.39 is 35.8 Å². The number of ether oxygens (including phenoxy) is 2. The van der Waals surface area contributed by atoms with Crippen LogP contribution in [-0.4, -0.2) is 95.4 Å². The molecule has 1 saturated heterocycles. The highest BCUT2D eigenvalue weighted by Crippen LogP contribution is 2.42. The van der Waals surface area contributed by atoms with Crippen molar-refractivity contribution in [3.63, 3.8) is 0 Å². The highest BCUT2D eigenvalue weighted by molar-refractivity contribution is 5.98. The predicted octanol–water partition coefficient (Wildman–Crippen LogP) is -0.965. The summed E-state index contributed by atoms with van der Waals surface area (Å²) in [4.78, 5) is 41.3. The number of nitrogens with two attached hydrogens (primary N) is 2. The normalized spacial score (nSPS) is 28.6. The average Bonchev–Trinajstić information content (AvgIpc) is 3.47. The number of aromatic nitrogens is 1. The fourth-order valence-electron chi connectivity index (χ4n) is 6.35. The van der Waals surface area contributed by atoms with E-state index in [1.807, 2.05) is 12.1 Å². The summed E-state index contributed by atoms with van der Waals surface area (Å²) in [5.41, 5.74) is 12.7. The molecule has 5 heterocycles. The van der Waals surface area contributed by atoms with Crippen LogP contribution >= 0.6 is 0 Å². The molecule has 2 amide bonds. The summed E-state index contributed by atoms with van der Waals surface area (Å²) in [5.74, 6) is 0.464. The van der Waals surface area contributed by atoms with Crippen LogP contribution in [0.1, 0.15) is 46.7 Å². The van der Waals surface area contributed by atoms with E-state index in [1.54, 1.807) is 17.0 Å². The van der Waals surface area contributed by atoms with E-state index in [4.69, 9.17) is 20.9 Å². The summed E-state index contributed by atoms with van der Waals surface area (Å²) in [7, 11) is 1.50. The van der Waals surface area contributed by atoms with E-state index in [-0.39, 0.29) is 42.0 Å². The first-order valence-electron chi connectivity index (χ1n) is 13.8. The Bertz CT molecular complexity index is 1490. The minimum atomic E-state index is -1.27. The van der Waals surface area contributed by atoms with Crippen molar-refractivity contribution in [2.24, 2.45) is 21.5 Å². The smallest absolute Gasteiger partial charge is 0.270 e. The van der Waals surface area contributed by atoms with Crippen LogP contribution in [0, 0.1) is 0 Å². The van der Waals surface area contributed by atoms with E-state index >= 15 is 0 Å². The third-order valence-corrected chi connectivity index (χ3v) is 8.60. The van der Waals surface area contributed by atoms with Crippen molar-refractivity contribution in [2.75, 3.05) is 26.8 Å². The molecule has 1 spiro atoms. The van der Waals surface area contributed by atoms with Crippen LogP contribution in [0.25, 0.3) is 0 Å². The number of aliphatic hydroxyl groups is 1.